The van der Waals surface area contributed by atoms with Crippen LogP contribution in [0.25, 0.3) is 11.3 Å². The van der Waals surface area contributed by atoms with Gasteiger partial charge in [-0.3, -0.25) is 34.3 Å². The number of hydrogen-bond acceptors (Lipinski definition) is 13. The molecule has 4 fully saturated rings. The molecule has 2 aromatic carbocycles. The van der Waals surface area contributed by atoms with Gasteiger partial charge in [0.1, 0.15) is 11.8 Å². The summed E-state index contributed by atoms with van der Waals surface area (Å²) in [5.74, 6) is -0.940. The molecule has 15 heteroatoms. The van der Waals surface area contributed by atoms with Crippen molar-refractivity contribution in [2.45, 2.75) is 62.8 Å². The Labute approximate surface area is 319 Å². The van der Waals surface area contributed by atoms with Crippen LogP contribution in [-0.4, -0.2) is 143 Å². The van der Waals surface area contributed by atoms with Crippen LogP contribution in [0.1, 0.15) is 59.2 Å². The number of ether oxygens (including phenoxy) is 1. The van der Waals surface area contributed by atoms with Crippen molar-refractivity contribution >= 4 is 40.8 Å². The number of fused-ring (bicyclic) bond motifs is 4. The maximum absolute atomic E-state index is 13.3. The number of amides is 4. The van der Waals surface area contributed by atoms with Gasteiger partial charge in [0, 0.05) is 69.5 Å². The molecule has 7 heterocycles. The molecule has 1 unspecified atom stereocenters. The molecule has 4 saturated heterocycles. The summed E-state index contributed by atoms with van der Waals surface area (Å²) in [6.07, 6.45) is 4.48. The third kappa shape index (κ3) is 6.89. The second-order valence-electron chi connectivity index (χ2n) is 15.5. The van der Waals surface area contributed by atoms with Crippen molar-refractivity contribution in [1.29, 1.82) is 0 Å². The third-order valence-electron chi connectivity index (χ3n) is 12.3. The molecular weight excluding hydrogens is 702 g/mol. The molecule has 0 aliphatic carbocycles. The molecule has 6 aliphatic heterocycles. The number of phenolic OH excluding ortho intramolecular Hbond substituents is 1. The lowest BCUT2D eigenvalue weighted by Gasteiger charge is -2.49. The number of aromatic nitrogens is 2. The zero-order chi connectivity index (χ0) is 37.6. The SMILES string of the molecule is O=C1CCC(N2C(=O)c3ccc(N4CCC(OCCN5CCC(N6CCN7c8cc(-c9ccccc9O)nnc8NC[C@H]7C6)CC5)CC4)cc3C2=O)C(=O)N1. The Balaban J connectivity index is 0.709. The molecule has 3 N–H and O–H groups in total. The Hall–Kier alpha value is -5.12. The number of nitrogens with zero attached hydrogens (tertiary/aromatic N) is 7. The van der Waals surface area contributed by atoms with E-state index in [-0.39, 0.29) is 30.6 Å². The molecular formula is C40H47N9O6. The molecule has 1 aromatic heterocycles. The number of phenols is 1. The fourth-order valence-corrected chi connectivity index (χ4v) is 9.26. The monoisotopic (exact) mass is 749 g/mol. The highest BCUT2D eigenvalue weighted by Crippen LogP contribution is 2.37. The number of imide groups is 2. The number of carbonyl (C=O) groups is 4. The van der Waals surface area contributed by atoms with Crippen molar-refractivity contribution in [3.8, 4) is 17.0 Å². The number of hydrogen-bond donors (Lipinski definition) is 3. The number of carbonyl (C=O) groups excluding carboxylic acids is 4. The smallest absolute Gasteiger partial charge is 0.262 e. The lowest BCUT2D eigenvalue weighted by atomic mass is 9.99. The van der Waals surface area contributed by atoms with Gasteiger partial charge in [0.05, 0.1) is 41.3 Å². The van der Waals surface area contributed by atoms with Crippen LogP contribution in [0.15, 0.2) is 48.5 Å². The first-order valence-corrected chi connectivity index (χ1v) is 19.7. The molecule has 0 radical (unpaired) electrons. The average molecular weight is 750 g/mol. The predicted molar refractivity (Wildman–Crippen MR) is 204 cm³/mol. The van der Waals surface area contributed by atoms with E-state index in [0.717, 1.165) is 107 Å². The van der Waals surface area contributed by atoms with Crippen molar-refractivity contribution in [1.82, 2.24) is 30.2 Å². The normalized spacial score (nSPS) is 24.0. The summed E-state index contributed by atoms with van der Waals surface area (Å²) >= 11 is 0. The molecule has 6 aliphatic rings. The van der Waals surface area contributed by atoms with Crippen molar-refractivity contribution in [2.75, 3.05) is 80.6 Å². The van der Waals surface area contributed by atoms with Crippen LogP contribution in [0.2, 0.25) is 0 Å². The fourth-order valence-electron chi connectivity index (χ4n) is 9.26. The Morgan fingerprint density at radius 2 is 1.60 bits per heavy atom. The van der Waals surface area contributed by atoms with E-state index < -0.39 is 23.8 Å². The first kappa shape index (κ1) is 35.6. The third-order valence-corrected chi connectivity index (χ3v) is 12.3. The zero-order valence-corrected chi connectivity index (χ0v) is 30.9. The van der Waals surface area contributed by atoms with Crippen LogP contribution in [0, 0.1) is 0 Å². The van der Waals surface area contributed by atoms with E-state index in [1.54, 1.807) is 18.2 Å². The van der Waals surface area contributed by atoms with Gasteiger partial charge in [-0.05, 0) is 81.6 Å². The summed E-state index contributed by atoms with van der Waals surface area (Å²) in [6.45, 7) is 9.13. The fraction of sp³-hybridized carbons (Fsp3) is 0.500. The van der Waals surface area contributed by atoms with E-state index in [1.165, 1.54) is 0 Å². The Morgan fingerprint density at radius 3 is 2.40 bits per heavy atom. The van der Waals surface area contributed by atoms with Gasteiger partial charge in [0.15, 0.2) is 5.82 Å². The highest BCUT2D eigenvalue weighted by atomic mass is 16.5. The molecule has 3 aromatic rings. The summed E-state index contributed by atoms with van der Waals surface area (Å²) in [5, 5.41) is 25.0. The number of benzene rings is 2. The van der Waals surface area contributed by atoms with E-state index in [0.29, 0.717) is 41.1 Å². The molecule has 0 spiro atoms. The van der Waals surface area contributed by atoms with E-state index >= 15 is 0 Å². The minimum Gasteiger partial charge on any atom is -0.507 e. The second-order valence-corrected chi connectivity index (χ2v) is 15.5. The highest BCUT2D eigenvalue weighted by Gasteiger charge is 2.45. The lowest BCUT2D eigenvalue weighted by molar-refractivity contribution is -0.136. The summed E-state index contributed by atoms with van der Waals surface area (Å²) in [5.41, 5.74) is 3.92. The van der Waals surface area contributed by atoms with Crippen molar-refractivity contribution in [3.63, 3.8) is 0 Å². The standard InChI is InChI=1S/C40H47N9O6/c50-35-4-2-1-3-30(35)32-22-34-37(44-43-32)41-23-27-24-47(17-18-48(27)34)25-9-13-45(14-10-25)19-20-55-28-11-15-46(16-12-28)26-5-6-29-31(21-26)40(54)49(39(29)53)33-7-8-36(51)42-38(33)52/h1-6,21-22,25,27-28,33,50H,7-20,23-24H2,(H,41,44)(H,42,51,52)/t27-,33?/m0/s1. The summed E-state index contributed by atoms with van der Waals surface area (Å²) in [6, 6.07) is 14.6. The van der Waals surface area contributed by atoms with Crippen molar-refractivity contribution < 1.29 is 29.0 Å². The lowest BCUT2D eigenvalue weighted by Crippen LogP contribution is -2.61. The van der Waals surface area contributed by atoms with Gasteiger partial charge in [0.25, 0.3) is 11.8 Å². The number of aromatic hydroxyl groups is 1. The van der Waals surface area contributed by atoms with Gasteiger partial charge in [0.2, 0.25) is 11.8 Å². The largest absolute Gasteiger partial charge is 0.507 e. The predicted octanol–water partition coefficient (Wildman–Crippen LogP) is 2.32. The molecule has 2 atom stereocenters. The Morgan fingerprint density at radius 1 is 0.800 bits per heavy atom. The molecule has 15 nitrogen and oxygen atoms in total. The number of likely N-dealkylation sites (tertiary alicyclic amines) is 1. The van der Waals surface area contributed by atoms with Gasteiger partial charge < -0.3 is 29.9 Å². The summed E-state index contributed by atoms with van der Waals surface area (Å²) < 4.78 is 6.37. The second kappa shape index (κ2) is 14.8. The quantitative estimate of drug-likeness (QED) is 0.288. The maximum atomic E-state index is 13.3. The van der Waals surface area contributed by atoms with E-state index in [2.05, 4.69) is 46.5 Å². The van der Waals surface area contributed by atoms with Crippen molar-refractivity contribution in [3.05, 3.63) is 59.7 Å². The molecule has 55 heavy (non-hydrogen) atoms. The molecule has 0 bridgehead atoms. The van der Waals surface area contributed by atoms with Gasteiger partial charge in [-0.25, -0.2) is 0 Å². The topological polar surface area (TPSA) is 164 Å². The number of piperazine rings is 1. The Kier molecular flexibility index (Phi) is 9.60. The van der Waals surface area contributed by atoms with Gasteiger partial charge in [-0.15, -0.1) is 10.2 Å². The zero-order valence-electron chi connectivity index (χ0n) is 30.9. The molecule has 0 saturated carbocycles. The van der Waals surface area contributed by atoms with Crippen LogP contribution >= 0.6 is 0 Å². The molecule has 288 valence electrons. The average Bonchev–Trinajstić information content (AvgIpc) is 3.46. The first-order valence-electron chi connectivity index (χ1n) is 19.7. The van der Waals surface area contributed by atoms with Crippen LogP contribution < -0.4 is 20.4 Å². The first-order chi connectivity index (χ1) is 26.8. The Bertz CT molecular complexity index is 1990. The number of piperidine rings is 3. The van der Waals surface area contributed by atoms with Crippen LogP contribution in [0.4, 0.5) is 17.2 Å². The van der Waals surface area contributed by atoms with E-state index in [4.69, 9.17) is 4.74 Å². The van der Waals surface area contributed by atoms with Crippen LogP contribution in [0.3, 0.4) is 0 Å². The minimum atomic E-state index is -0.965. The van der Waals surface area contributed by atoms with Crippen LogP contribution in [0.5, 0.6) is 5.75 Å². The number of rotatable bonds is 8. The van der Waals surface area contributed by atoms with Crippen molar-refractivity contribution in [2.24, 2.45) is 0 Å². The van der Waals surface area contributed by atoms with Gasteiger partial charge in [-0.2, -0.15) is 0 Å². The summed E-state index contributed by atoms with van der Waals surface area (Å²) in [7, 11) is 0. The number of para-hydroxylation sites is 1. The highest BCUT2D eigenvalue weighted by molar-refractivity contribution is 6.23. The van der Waals surface area contributed by atoms with E-state index in [1.807, 2.05) is 24.3 Å². The minimum absolute atomic E-state index is 0.0980. The van der Waals surface area contributed by atoms with Crippen LogP contribution in [-0.2, 0) is 14.3 Å². The van der Waals surface area contributed by atoms with Gasteiger partial charge in [-0.1, -0.05) is 12.1 Å². The molecule has 4 amide bonds. The van der Waals surface area contributed by atoms with E-state index in [9.17, 15) is 24.3 Å². The summed E-state index contributed by atoms with van der Waals surface area (Å²) in [4.78, 5) is 61.3. The van der Waals surface area contributed by atoms with Gasteiger partial charge >= 0.3 is 0 Å². The number of nitrogens with one attached hydrogen (secondary N) is 2. The molecule has 9 rings (SSSR count). The number of anilines is 3. The maximum Gasteiger partial charge on any atom is 0.262 e.